The summed E-state index contributed by atoms with van der Waals surface area (Å²) >= 11 is 0. The molecular weight excluding hydrogens is 260 g/mol. The molecule has 2 heterocycles. The number of rotatable bonds is 1. The molecule has 0 aromatic heterocycles. The van der Waals surface area contributed by atoms with Gasteiger partial charge >= 0.3 is 0 Å². The zero-order valence-electron chi connectivity index (χ0n) is 13.4. The smallest absolute Gasteiger partial charge is 0.253 e. The quantitative estimate of drug-likeness (QED) is 0.861. The summed E-state index contributed by atoms with van der Waals surface area (Å²) in [6.45, 7) is 9.47. The number of hydrogen-bond donors (Lipinski definition) is 1. The molecule has 2 atom stereocenters. The highest BCUT2D eigenvalue weighted by Gasteiger charge is 2.36. The predicted octanol–water partition coefficient (Wildman–Crippen LogP) is 2.81. The van der Waals surface area contributed by atoms with E-state index in [-0.39, 0.29) is 11.3 Å². The summed E-state index contributed by atoms with van der Waals surface area (Å²) in [7, 11) is 0. The maximum absolute atomic E-state index is 12.6. The molecule has 0 radical (unpaired) electrons. The number of hydrogen-bond acceptors (Lipinski definition) is 2. The summed E-state index contributed by atoms with van der Waals surface area (Å²) in [5.41, 5.74) is 2.23. The Labute approximate surface area is 127 Å². The van der Waals surface area contributed by atoms with Gasteiger partial charge in [-0.1, -0.05) is 32.9 Å². The molecule has 2 aliphatic rings. The van der Waals surface area contributed by atoms with Crippen molar-refractivity contribution in [1.29, 1.82) is 0 Å². The van der Waals surface area contributed by atoms with Crippen molar-refractivity contribution in [3.8, 4) is 0 Å². The summed E-state index contributed by atoms with van der Waals surface area (Å²) in [4.78, 5) is 14.7. The van der Waals surface area contributed by atoms with Gasteiger partial charge in [0, 0.05) is 24.7 Å². The van der Waals surface area contributed by atoms with E-state index < -0.39 is 0 Å². The van der Waals surface area contributed by atoms with E-state index in [9.17, 15) is 4.79 Å². The molecular formula is C18H26N2O. The molecule has 1 amide bonds. The minimum Gasteiger partial charge on any atom is -0.337 e. The van der Waals surface area contributed by atoms with Crippen LogP contribution in [-0.4, -0.2) is 36.5 Å². The van der Waals surface area contributed by atoms with Crippen LogP contribution in [0.1, 0.15) is 49.5 Å². The van der Waals surface area contributed by atoms with Crippen LogP contribution in [0.5, 0.6) is 0 Å². The molecule has 0 aliphatic carbocycles. The Morgan fingerprint density at radius 3 is 2.52 bits per heavy atom. The largest absolute Gasteiger partial charge is 0.337 e. The first-order valence-corrected chi connectivity index (χ1v) is 8.08. The molecule has 0 bridgehead atoms. The number of fused-ring (bicyclic) bond motifs is 1. The second-order valence-corrected chi connectivity index (χ2v) is 7.50. The lowest BCUT2D eigenvalue weighted by Crippen LogP contribution is -2.41. The Morgan fingerprint density at radius 1 is 1.19 bits per heavy atom. The van der Waals surface area contributed by atoms with Gasteiger partial charge in [-0.05, 0) is 48.4 Å². The van der Waals surface area contributed by atoms with E-state index in [1.165, 1.54) is 18.4 Å². The first kappa shape index (κ1) is 14.6. The van der Waals surface area contributed by atoms with Crippen LogP contribution in [0.2, 0.25) is 0 Å². The Morgan fingerprint density at radius 2 is 1.90 bits per heavy atom. The van der Waals surface area contributed by atoms with Gasteiger partial charge in [0.15, 0.2) is 0 Å². The molecule has 3 nitrogen and oxygen atoms in total. The number of benzene rings is 1. The highest BCUT2D eigenvalue weighted by atomic mass is 16.2. The average Bonchev–Trinajstić information content (AvgIpc) is 2.89. The predicted molar refractivity (Wildman–Crippen MR) is 85.6 cm³/mol. The van der Waals surface area contributed by atoms with Crippen LogP contribution in [0.4, 0.5) is 0 Å². The van der Waals surface area contributed by atoms with Crippen molar-refractivity contribution < 1.29 is 4.79 Å². The number of nitrogens with zero attached hydrogens (tertiary/aromatic N) is 1. The monoisotopic (exact) mass is 286 g/mol. The van der Waals surface area contributed by atoms with E-state index in [0.29, 0.717) is 12.0 Å². The number of nitrogens with one attached hydrogen (secondary N) is 1. The minimum absolute atomic E-state index is 0.133. The fourth-order valence-corrected chi connectivity index (χ4v) is 3.51. The Hall–Kier alpha value is -1.35. The van der Waals surface area contributed by atoms with Gasteiger partial charge in [-0.3, -0.25) is 4.79 Å². The number of likely N-dealkylation sites (tertiary alicyclic amines) is 1. The van der Waals surface area contributed by atoms with Gasteiger partial charge in [0.2, 0.25) is 0 Å². The topological polar surface area (TPSA) is 32.3 Å². The van der Waals surface area contributed by atoms with Gasteiger partial charge in [0.25, 0.3) is 5.91 Å². The molecule has 0 unspecified atom stereocenters. The molecule has 3 heteroatoms. The Bertz CT molecular complexity index is 501. The van der Waals surface area contributed by atoms with Gasteiger partial charge in [-0.25, -0.2) is 0 Å². The average molecular weight is 286 g/mol. The molecule has 114 valence electrons. The van der Waals surface area contributed by atoms with Crippen LogP contribution in [0, 0.1) is 5.92 Å². The van der Waals surface area contributed by atoms with Crippen LogP contribution in [-0.2, 0) is 5.41 Å². The van der Waals surface area contributed by atoms with Gasteiger partial charge in [-0.15, -0.1) is 0 Å². The van der Waals surface area contributed by atoms with Crippen molar-refractivity contribution in [3.05, 3.63) is 35.4 Å². The fourth-order valence-electron chi connectivity index (χ4n) is 3.51. The van der Waals surface area contributed by atoms with Crippen LogP contribution in [0.3, 0.4) is 0 Å². The normalized spacial score (nSPS) is 25.8. The van der Waals surface area contributed by atoms with Crippen molar-refractivity contribution in [2.45, 2.75) is 45.1 Å². The van der Waals surface area contributed by atoms with Crippen molar-refractivity contribution in [2.24, 2.45) is 5.92 Å². The van der Waals surface area contributed by atoms with E-state index in [0.717, 1.165) is 25.2 Å². The standard InChI is InChI=1S/C18H26N2O/c1-18(2,3)15-8-6-13(7-9-15)17(21)20-11-14-5-4-10-19-16(14)12-20/h6-9,14,16,19H,4-5,10-12H2,1-3H3/t14-,16+/m0/s1. The summed E-state index contributed by atoms with van der Waals surface area (Å²) < 4.78 is 0. The van der Waals surface area contributed by atoms with Crippen molar-refractivity contribution in [3.63, 3.8) is 0 Å². The van der Waals surface area contributed by atoms with Crippen LogP contribution in [0.15, 0.2) is 24.3 Å². The number of amides is 1. The van der Waals surface area contributed by atoms with Crippen LogP contribution in [0.25, 0.3) is 0 Å². The van der Waals surface area contributed by atoms with E-state index in [2.05, 4.69) is 38.2 Å². The molecule has 2 aliphatic heterocycles. The molecule has 0 spiro atoms. The number of carbonyl (C=O) groups excluding carboxylic acids is 1. The number of carbonyl (C=O) groups is 1. The summed E-state index contributed by atoms with van der Waals surface area (Å²) in [6.07, 6.45) is 2.49. The molecule has 3 rings (SSSR count). The molecule has 21 heavy (non-hydrogen) atoms. The van der Waals surface area contributed by atoms with Gasteiger partial charge < -0.3 is 10.2 Å². The highest BCUT2D eigenvalue weighted by Crippen LogP contribution is 2.27. The maximum atomic E-state index is 12.6. The zero-order valence-corrected chi connectivity index (χ0v) is 13.4. The van der Waals surface area contributed by atoms with Crippen LogP contribution >= 0.6 is 0 Å². The molecule has 1 aromatic carbocycles. The third-order valence-electron chi connectivity index (χ3n) is 4.88. The summed E-state index contributed by atoms with van der Waals surface area (Å²) in [6, 6.07) is 8.66. The second-order valence-electron chi connectivity index (χ2n) is 7.50. The summed E-state index contributed by atoms with van der Waals surface area (Å²) in [5, 5.41) is 3.55. The third-order valence-corrected chi connectivity index (χ3v) is 4.88. The molecule has 0 saturated carbocycles. The van der Waals surface area contributed by atoms with Gasteiger partial charge in [0.1, 0.15) is 0 Å². The SMILES string of the molecule is CC(C)(C)c1ccc(C(=O)N2C[C@@H]3CCCN[C@@H]3C2)cc1. The minimum atomic E-state index is 0.133. The van der Waals surface area contributed by atoms with Crippen molar-refractivity contribution in [2.75, 3.05) is 19.6 Å². The first-order valence-electron chi connectivity index (χ1n) is 8.08. The lowest BCUT2D eigenvalue weighted by molar-refractivity contribution is 0.0785. The van der Waals surface area contributed by atoms with Crippen molar-refractivity contribution in [1.82, 2.24) is 10.2 Å². The van der Waals surface area contributed by atoms with E-state index in [4.69, 9.17) is 0 Å². The zero-order chi connectivity index (χ0) is 15.0. The first-order chi connectivity index (χ1) is 9.95. The van der Waals surface area contributed by atoms with Gasteiger partial charge in [-0.2, -0.15) is 0 Å². The highest BCUT2D eigenvalue weighted by molar-refractivity contribution is 5.94. The molecule has 1 aromatic rings. The maximum Gasteiger partial charge on any atom is 0.253 e. The molecule has 1 N–H and O–H groups in total. The van der Waals surface area contributed by atoms with E-state index >= 15 is 0 Å². The van der Waals surface area contributed by atoms with Crippen molar-refractivity contribution >= 4 is 5.91 Å². The third kappa shape index (κ3) is 2.98. The summed E-state index contributed by atoms with van der Waals surface area (Å²) in [5.74, 6) is 0.836. The van der Waals surface area contributed by atoms with Gasteiger partial charge in [0.05, 0.1) is 0 Å². The van der Waals surface area contributed by atoms with E-state index in [1.807, 2.05) is 17.0 Å². The second kappa shape index (κ2) is 5.45. The number of piperidine rings is 1. The lowest BCUT2D eigenvalue weighted by Gasteiger charge is -2.24. The Balaban J connectivity index is 1.71. The fraction of sp³-hybridized carbons (Fsp3) is 0.611. The van der Waals surface area contributed by atoms with E-state index in [1.54, 1.807) is 0 Å². The Kier molecular flexibility index (Phi) is 3.78. The van der Waals surface area contributed by atoms with Crippen LogP contribution < -0.4 is 5.32 Å². The molecule has 2 saturated heterocycles. The molecule has 2 fully saturated rings. The lowest BCUT2D eigenvalue weighted by atomic mass is 9.86.